The molecule has 0 saturated carbocycles. The number of anilines is 1. The zero-order valence-electron chi connectivity index (χ0n) is 17.5. The second-order valence-electron chi connectivity index (χ2n) is 7.61. The minimum absolute atomic E-state index is 0.0534. The summed E-state index contributed by atoms with van der Waals surface area (Å²) in [5.41, 5.74) is 0.903. The third-order valence-corrected chi connectivity index (χ3v) is 4.42. The SMILES string of the molecule is Cc1nc(NC(=O)OC(C)(C)C)ncc1C(=O)NCc1nc(-c2ccc(Br)cc2)n[nH]1. The number of carbonyl (C=O) groups is 2. The molecule has 0 saturated heterocycles. The smallest absolute Gasteiger partial charge is 0.414 e. The summed E-state index contributed by atoms with van der Waals surface area (Å²) in [5, 5.41) is 12.2. The first kappa shape index (κ1) is 22.3. The fraction of sp³-hybridized carbons (Fsp3) is 0.300. The van der Waals surface area contributed by atoms with Crippen LogP contribution in [0.2, 0.25) is 0 Å². The van der Waals surface area contributed by atoms with Crippen molar-refractivity contribution in [3.8, 4) is 11.4 Å². The third-order valence-electron chi connectivity index (χ3n) is 3.89. The molecular weight excluding hydrogens is 466 g/mol. The van der Waals surface area contributed by atoms with E-state index in [2.05, 4.69) is 51.7 Å². The number of aryl methyl sites for hydroxylation is 1. The number of amides is 2. The number of benzene rings is 1. The average Bonchev–Trinajstić information content (AvgIpc) is 3.14. The molecule has 162 valence electrons. The predicted molar refractivity (Wildman–Crippen MR) is 117 cm³/mol. The van der Waals surface area contributed by atoms with Gasteiger partial charge in [-0.05, 0) is 39.8 Å². The van der Waals surface area contributed by atoms with Gasteiger partial charge in [0.2, 0.25) is 5.95 Å². The maximum absolute atomic E-state index is 12.5. The number of hydrogen-bond donors (Lipinski definition) is 3. The lowest BCUT2D eigenvalue weighted by Crippen LogP contribution is -2.28. The Hall–Kier alpha value is -3.34. The lowest BCUT2D eigenvalue weighted by molar-refractivity contribution is 0.0634. The minimum atomic E-state index is -0.670. The van der Waals surface area contributed by atoms with Crippen molar-refractivity contribution >= 4 is 33.9 Å². The van der Waals surface area contributed by atoms with Crippen LogP contribution in [0.4, 0.5) is 10.7 Å². The second kappa shape index (κ2) is 9.21. The molecular formula is C20H22BrN7O3. The van der Waals surface area contributed by atoms with Gasteiger partial charge in [0.1, 0.15) is 11.4 Å². The molecule has 0 aliphatic rings. The van der Waals surface area contributed by atoms with Crippen molar-refractivity contribution in [1.29, 1.82) is 0 Å². The van der Waals surface area contributed by atoms with Crippen molar-refractivity contribution in [3.63, 3.8) is 0 Å². The van der Waals surface area contributed by atoms with Gasteiger partial charge in [0.25, 0.3) is 5.91 Å². The highest BCUT2D eigenvalue weighted by Crippen LogP contribution is 2.18. The standard InChI is InChI=1S/C20H22BrN7O3/c1-11-14(9-23-18(24-11)26-19(30)31-20(2,3)4)17(29)22-10-15-25-16(28-27-15)12-5-7-13(21)8-6-12/h5-9H,10H2,1-4H3,(H,22,29)(H,25,27,28)(H,23,24,26,30). The maximum Gasteiger partial charge on any atom is 0.414 e. The van der Waals surface area contributed by atoms with Crippen LogP contribution in [0.1, 0.15) is 42.6 Å². The van der Waals surface area contributed by atoms with Crippen LogP contribution < -0.4 is 10.6 Å². The zero-order valence-corrected chi connectivity index (χ0v) is 19.1. The van der Waals surface area contributed by atoms with Gasteiger partial charge in [0.05, 0.1) is 17.8 Å². The summed E-state index contributed by atoms with van der Waals surface area (Å²) in [6.07, 6.45) is 0.675. The summed E-state index contributed by atoms with van der Waals surface area (Å²) in [6, 6.07) is 7.58. The van der Waals surface area contributed by atoms with Crippen LogP contribution in [0.25, 0.3) is 11.4 Å². The molecule has 11 heteroatoms. The lowest BCUT2D eigenvalue weighted by Gasteiger charge is -2.19. The summed E-state index contributed by atoms with van der Waals surface area (Å²) in [4.78, 5) is 36.9. The molecule has 2 heterocycles. The van der Waals surface area contributed by atoms with Crippen molar-refractivity contribution < 1.29 is 14.3 Å². The van der Waals surface area contributed by atoms with Crippen molar-refractivity contribution in [2.45, 2.75) is 39.8 Å². The Bertz CT molecular complexity index is 1090. The van der Waals surface area contributed by atoms with Crippen LogP contribution in [0, 0.1) is 6.92 Å². The van der Waals surface area contributed by atoms with E-state index in [9.17, 15) is 9.59 Å². The van der Waals surface area contributed by atoms with Crippen molar-refractivity contribution in [2.75, 3.05) is 5.32 Å². The number of carbonyl (C=O) groups excluding carboxylic acids is 2. The van der Waals surface area contributed by atoms with Gasteiger partial charge in [-0.25, -0.2) is 19.7 Å². The maximum atomic E-state index is 12.5. The Balaban J connectivity index is 1.59. The summed E-state index contributed by atoms with van der Waals surface area (Å²) in [7, 11) is 0. The first-order valence-corrected chi connectivity index (χ1v) is 10.2. The number of nitrogens with one attached hydrogen (secondary N) is 3. The van der Waals surface area contributed by atoms with Crippen molar-refractivity contribution in [1.82, 2.24) is 30.5 Å². The van der Waals surface area contributed by atoms with Crippen LogP contribution in [0.5, 0.6) is 0 Å². The van der Waals surface area contributed by atoms with E-state index in [0.29, 0.717) is 17.3 Å². The second-order valence-corrected chi connectivity index (χ2v) is 8.53. The van der Waals surface area contributed by atoms with E-state index in [4.69, 9.17) is 4.74 Å². The first-order chi connectivity index (χ1) is 14.6. The topological polar surface area (TPSA) is 135 Å². The highest BCUT2D eigenvalue weighted by atomic mass is 79.9. The third kappa shape index (κ3) is 6.32. The molecule has 3 rings (SSSR count). The summed E-state index contributed by atoms with van der Waals surface area (Å²) >= 11 is 3.39. The van der Waals surface area contributed by atoms with Gasteiger partial charge in [0.15, 0.2) is 5.82 Å². The van der Waals surface area contributed by atoms with Crippen LogP contribution in [-0.2, 0) is 11.3 Å². The van der Waals surface area contributed by atoms with E-state index < -0.39 is 11.7 Å². The molecule has 0 unspecified atom stereocenters. The molecule has 0 aliphatic heterocycles. The molecule has 2 amide bonds. The lowest BCUT2D eigenvalue weighted by atomic mass is 10.2. The van der Waals surface area contributed by atoms with Crippen molar-refractivity contribution in [3.05, 3.63) is 52.0 Å². The normalized spacial score (nSPS) is 11.1. The largest absolute Gasteiger partial charge is 0.444 e. The molecule has 0 spiro atoms. The highest BCUT2D eigenvalue weighted by molar-refractivity contribution is 9.10. The fourth-order valence-corrected chi connectivity index (χ4v) is 2.77. The predicted octanol–water partition coefficient (Wildman–Crippen LogP) is 3.61. The van der Waals surface area contributed by atoms with Crippen LogP contribution >= 0.6 is 15.9 Å². The van der Waals surface area contributed by atoms with Gasteiger partial charge in [-0.2, -0.15) is 5.10 Å². The number of H-pyrrole nitrogens is 1. The number of halogens is 1. The molecule has 31 heavy (non-hydrogen) atoms. The number of aromatic nitrogens is 5. The molecule has 0 aliphatic carbocycles. The number of nitrogens with zero attached hydrogens (tertiary/aromatic N) is 4. The number of aromatic amines is 1. The summed E-state index contributed by atoms with van der Waals surface area (Å²) < 4.78 is 6.12. The summed E-state index contributed by atoms with van der Waals surface area (Å²) in [6.45, 7) is 7.06. The van der Waals surface area contributed by atoms with E-state index in [1.165, 1.54) is 6.20 Å². The Morgan fingerprint density at radius 3 is 2.52 bits per heavy atom. The monoisotopic (exact) mass is 487 g/mol. The van der Waals surface area contributed by atoms with Crippen LogP contribution in [0.3, 0.4) is 0 Å². The number of rotatable bonds is 5. The molecule has 0 fully saturated rings. The van der Waals surface area contributed by atoms with E-state index >= 15 is 0 Å². The van der Waals surface area contributed by atoms with Crippen LogP contribution in [-0.4, -0.2) is 42.8 Å². The average molecular weight is 488 g/mol. The fourth-order valence-electron chi connectivity index (χ4n) is 2.51. The Labute approximate surface area is 187 Å². The van der Waals surface area contributed by atoms with Gasteiger partial charge in [0, 0.05) is 16.2 Å². The van der Waals surface area contributed by atoms with E-state index in [-0.39, 0.29) is 24.0 Å². The summed E-state index contributed by atoms with van der Waals surface area (Å²) in [5.74, 6) is 0.725. The Kier molecular flexibility index (Phi) is 6.64. The quantitative estimate of drug-likeness (QED) is 0.499. The van der Waals surface area contributed by atoms with Crippen LogP contribution in [0.15, 0.2) is 34.9 Å². The highest BCUT2D eigenvalue weighted by Gasteiger charge is 2.18. The van der Waals surface area contributed by atoms with Gasteiger partial charge in [-0.3, -0.25) is 15.2 Å². The molecule has 1 aromatic carbocycles. The molecule has 10 nitrogen and oxygen atoms in total. The van der Waals surface area contributed by atoms with Gasteiger partial charge in [-0.1, -0.05) is 28.1 Å². The van der Waals surface area contributed by atoms with Crippen molar-refractivity contribution in [2.24, 2.45) is 0 Å². The van der Waals surface area contributed by atoms with E-state index in [1.54, 1.807) is 27.7 Å². The zero-order chi connectivity index (χ0) is 22.6. The molecule has 3 aromatic rings. The minimum Gasteiger partial charge on any atom is -0.444 e. The van der Waals surface area contributed by atoms with Gasteiger partial charge < -0.3 is 10.1 Å². The molecule has 0 atom stereocenters. The Morgan fingerprint density at radius 2 is 1.87 bits per heavy atom. The number of hydrogen-bond acceptors (Lipinski definition) is 7. The van der Waals surface area contributed by atoms with E-state index in [1.807, 2.05) is 24.3 Å². The molecule has 3 N–H and O–H groups in total. The molecule has 2 aromatic heterocycles. The van der Waals surface area contributed by atoms with Gasteiger partial charge in [-0.15, -0.1) is 0 Å². The first-order valence-electron chi connectivity index (χ1n) is 9.40. The number of ether oxygens (including phenoxy) is 1. The molecule has 0 radical (unpaired) electrons. The molecule has 0 bridgehead atoms. The van der Waals surface area contributed by atoms with E-state index in [0.717, 1.165) is 10.0 Å². The Morgan fingerprint density at radius 1 is 1.16 bits per heavy atom. The van der Waals surface area contributed by atoms with Gasteiger partial charge >= 0.3 is 6.09 Å².